The number of halogens is 2. The molecule has 19 heavy (non-hydrogen) atoms. The lowest BCUT2D eigenvalue weighted by Gasteiger charge is -2.37. The van der Waals surface area contributed by atoms with Crippen molar-refractivity contribution in [2.45, 2.75) is 13.8 Å². The van der Waals surface area contributed by atoms with E-state index < -0.39 is 0 Å². The summed E-state index contributed by atoms with van der Waals surface area (Å²) in [6.07, 6.45) is 0. The Bertz CT molecular complexity index is 441. The first kappa shape index (κ1) is 14.8. The first-order valence-corrected chi connectivity index (χ1v) is 7.44. The van der Waals surface area contributed by atoms with Crippen molar-refractivity contribution in [3.05, 3.63) is 22.2 Å². The second-order valence-corrected chi connectivity index (χ2v) is 6.32. The summed E-state index contributed by atoms with van der Waals surface area (Å²) < 4.78 is 0. The molecule has 2 N–H and O–H groups in total. The lowest BCUT2D eigenvalue weighted by molar-refractivity contribution is 0.231. The van der Waals surface area contributed by atoms with E-state index in [0.717, 1.165) is 38.4 Å². The number of benzene rings is 1. The zero-order chi connectivity index (χ0) is 14.0. The van der Waals surface area contributed by atoms with E-state index in [-0.39, 0.29) is 0 Å². The summed E-state index contributed by atoms with van der Waals surface area (Å²) in [6.45, 7) is 9.76. The Morgan fingerprint density at radius 2 is 1.68 bits per heavy atom. The molecule has 1 aliphatic rings. The molecule has 1 fully saturated rings. The summed E-state index contributed by atoms with van der Waals surface area (Å²) in [7, 11) is 0. The van der Waals surface area contributed by atoms with E-state index >= 15 is 0 Å². The highest BCUT2D eigenvalue weighted by atomic mass is 35.5. The predicted molar refractivity (Wildman–Crippen MR) is 84.4 cm³/mol. The number of rotatable bonds is 3. The van der Waals surface area contributed by atoms with E-state index in [1.165, 1.54) is 0 Å². The third-order valence-corrected chi connectivity index (χ3v) is 4.13. The molecule has 0 amide bonds. The van der Waals surface area contributed by atoms with Gasteiger partial charge in [-0.1, -0.05) is 37.0 Å². The molecule has 1 aliphatic heterocycles. The normalized spacial score (nSPS) is 17.2. The van der Waals surface area contributed by atoms with Crippen LogP contribution in [-0.4, -0.2) is 37.6 Å². The highest BCUT2D eigenvalue weighted by Crippen LogP contribution is 2.33. The summed E-state index contributed by atoms with van der Waals surface area (Å²) in [4.78, 5) is 4.78. The van der Waals surface area contributed by atoms with Crippen LogP contribution in [0.15, 0.2) is 12.1 Å². The van der Waals surface area contributed by atoms with Gasteiger partial charge in [-0.2, -0.15) is 0 Å². The van der Waals surface area contributed by atoms with Gasteiger partial charge >= 0.3 is 0 Å². The van der Waals surface area contributed by atoms with Gasteiger partial charge < -0.3 is 10.6 Å². The van der Waals surface area contributed by atoms with Crippen LogP contribution in [0.1, 0.15) is 13.8 Å². The fourth-order valence-electron chi connectivity index (χ4n) is 2.51. The van der Waals surface area contributed by atoms with E-state index in [4.69, 9.17) is 28.9 Å². The van der Waals surface area contributed by atoms with Crippen LogP contribution in [0.25, 0.3) is 0 Å². The molecular formula is C14H21Cl2N3. The number of nitrogen functional groups attached to an aromatic ring is 1. The molecule has 0 bridgehead atoms. The van der Waals surface area contributed by atoms with Crippen molar-refractivity contribution in [1.82, 2.24) is 4.90 Å². The summed E-state index contributed by atoms with van der Waals surface area (Å²) in [5, 5.41) is 1.08. The van der Waals surface area contributed by atoms with E-state index in [2.05, 4.69) is 23.6 Å². The van der Waals surface area contributed by atoms with Crippen molar-refractivity contribution < 1.29 is 0 Å². The zero-order valence-electron chi connectivity index (χ0n) is 11.5. The van der Waals surface area contributed by atoms with Crippen molar-refractivity contribution in [3.8, 4) is 0 Å². The highest BCUT2D eigenvalue weighted by Gasteiger charge is 2.20. The van der Waals surface area contributed by atoms with Gasteiger partial charge in [0.25, 0.3) is 0 Å². The Hall–Kier alpha value is -0.640. The minimum absolute atomic E-state index is 0.515. The lowest BCUT2D eigenvalue weighted by Crippen LogP contribution is -2.47. The van der Waals surface area contributed by atoms with Gasteiger partial charge in [-0.25, -0.2) is 0 Å². The Balaban J connectivity index is 2.03. The molecule has 0 spiro atoms. The molecule has 1 heterocycles. The molecule has 0 unspecified atom stereocenters. The van der Waals surface area contributed by atoms with Gasteiger partial charge in [0, 0.05) is 32.7 Å². The van der Waals surface area contributed by atoms with Gasteiger partial charge in [0.15, 0.2) is 0 Å². The maximum Gasteiger partial charge on any atom is 0.0616 e. The number of hydrogen-bond donors (Lipinski definition) is 1. The van der Waals surface area contributed by atoms with E-state index in [1.54, 1.807) is 6.07 Å². The van der Waals surface area contributed by atoms with Gasteiger partial charge in [0.2, 0.25) is 0 Å². The number of nitrogens with zero attached hydrogens (tertiary/aromatic N) is 2. The van der Waals surface area contributed by atoms with Crippen LogP contribution in [0.5, 0.6) is 0 Å². The topological polar surface area (TPSA) is 32.5 Å². The van der Waals surface area contributed by atoms with Crippen LogP contribution < -0.4 is 10.6 Å². The van der Waals surface area contributed by atoms with Gasteiger partial charge in [-0.3, -0.25) is 4.90 Å². The molecule has 3 nitrogen and oxygen atoms in total. The van der Waals surface area contributed by atoms with Crippen LogP contribution in [0, 0.1) is 5.92 Å². The molecule has 0 radical (unpaired) electrons. The van der Waals surface area contributed by atoms with Crippen LogP contribution >= 0.6 is 23.2 Å². The van der Waals surface area contributed by atoms with Crippen molar-refractivity contribution in [3.63, 3.8) is 0 Å². The first-order valence-electron chi connectivity index (χ1n) is 6.69. The fourth-order valence-corrected chi connectivity index (χ4v) is 2.84. The lowest BCUT2D eigenvalue weighted by atomic mass is 10.1. The molecule has 106 valence electrons. The van der Waals surface area contributed by atoms with E-state index in [1.807, 2.05) is 6.07 Å². The average Bonchev–Trinajstić information content (AvgIpc) is 2.34. The quantitative estimate of drug-likeness (QED) is 0.869. The molecule has 1 saturated heterocycles. The van der Waals surface area contributed by atoms with Gasteiger partial charge in [-0.05, 0) is 18.1 Å². The number of nitrogens with two attached hydrogens (primary N) is 1. The molecule has 1 aromatic rings. The number of piperazine rings is 1. The number of hydrogen-bond acceptors (Lipinski definition) is 3. The van der Waals surface area contributed by atoms with Crippen LogP contribution in [0.3, 0.4) is 0 Å². The molecule has 5 heteroatoms. The van der Waals surface area contributed by atoms with Crippen molar-refractivity contribution in [2.75, 3.05) is 43.4 Å². The zero-order valence-corrected chi connectivity index (χ0v) is 13.0. The monoisotopic (exact) mass is 301 g/mol. The van der Waals surface area contributed by atoms with Crippen LogP contribution in [0.4, 0.5) is 11.4 Å². The molecule has 0 aromatic heterocycles. The van der Waals surface area contributed by atoms with Gasteiger partial charge in [0.05, 0.1) is 21.4 Å². The maximum atomic E-state index is 6.08. The fraction of sp³-hybridized carbons (Fsp3) is 0.571. The van der Waals surface area contributed by atoms with E-state index in [9.17, 15) is 0 Å². The molecule has 0 aliphatic carbocycles. The summed E-state index contributed by atoms with van der Waals surface area (Å²) >= 11 is 12.0. The molecule has 0 saturated carbocycles. The standard InChI is InChI=1S/C14H21Cl2N3/c1-10(2)9-18-3-5-19(6-4-18)14-8-12(16)11(15)7-13(14)17/h7-8,10H,3-6,9,17H2,1-2H3. The minimum atomic E-state index is 0.515. The summed E-state index contributed by atoms with van der Waals surface area (Å²) in [6, 6.07) is 3.61. The van der Waals surface area contributed by atoms with Crippen LogP contribution in [-0.2, 0) is 0 Å². The Labute approximate surface area is 125 Å². The van der Waals surface area contributed by atoms with Crippen LogP contribution in [0.2, 0.25) is 10.0 Å². The molecular weight excluding hydrogens is 281 g/mol. The number of anilines is 2. The van der Waals surface area contributed by atoms with Gasteiger partial charge in [0.1, 0.15) is 0 Å². The van der Waals surface area contributed by atoms with Crippen molar-refractivity contribution in [1.29, 1.82) is 0 Å². The average molecular weight is 302 g/mol. The molecule has 0 atom stereocenters. The second-order valence-electron chi connectivity index (χ2n) is 5.51. The smallest absolute Gasteiger partial charge is 0.0616 e. The molecule has 2 rings (SSSR count). The largest absolute Gasteiger partial charge is 0.397 e. The predicted octanol–water partition coefficient (Wildman–Crippen LogP) is 3.35. The second kappa shape index (κ2) is 6.21. The third-order valence-electron chi connectivity index (χ3n) is 3.41. The SMILES string of the molecule is CC(C)CN1CCN(c2cc(Cl)c(Cl)cc2N)CC1. The van der Waals surface area contributed by atoms with Crippen molar-refractivity contribution in [2.24, 2.45) is 5.92 Å². The first-order chi connectivity index (χ1) is 8.97. The summed E-state index contributed by atoms with van der Waals surface area (Å²) in [5.41, 5.74) is 7.74. The van der Waals surface area contributed by atoms with Gasteiger partial charge in [-0.15, -0.1) is 0 Å². The maximum absolute atomic E-state index is 6.08. The Morgan fingerprint density at radius 3 is 2.26 bits per heavy atom. The highest BCUT2D eigenvalue weighted by molar-refractivity contribution is 6.42. The molecule has 1 aromatic carbocycles. The van der Waals surface area contributed by atoms with E-state index in [0.29, 0.717) is 21.7 Å². The third kappa shape index (κ3) is 3.68. The van der Waals surface area contributed by atoms with Crippen molar-refractivity contribution >= 4 is 34.6 Å². The Morgan fingerprint density at radius 1 is 1.11 bits per heavy atom. The minimum Gasteiger partial charge on any atom is -0.397 e. The Kier molecular flexibility index (Phi) is 4.82. The summed E-state index contributed by atoms with van der Waals surface area (Å²) in [5.74, 6) is 0.710.